The molecule has 0 fully saturated rings. The van der Waals surface area contributed by atoms with Crippen molar-refractivity contribution >= 4 is 22.5 Å². The molecule has 0 aliphatic carbocycles. The summed E-state index contributed by atoms with van der Waals surface area (Å²) in [5.41, 5.74) is 1.52. The second-order valence-corrected chi connectivity index (χ2v) is 3.60. The van der Waals surface area contributed by atoms with E-state index in [-0.39, 0.29) is 0 Å². The largest absolute Gasteiger partial charge is 0.389 e. The van der Waals surface area contributed by atoms with E-state index in [1.54, 1.807) is 13.1 Å². The number of halogens is 1. The van der Waals surface area contributed by atoms with Crippen molar-refractivity contribution in [2.45, 2.75) is 13.0 Å². The Morgan fingerprint density at radius 2 is 2.07 bits per heavy atom. The Bertz CT molecular complexity index is 468. The molecule has 0 amide bonds. The lowest BCUT2D eigenvalue weighted by atomic mass is 10.1. The molecule has 72 valence electrons. The minimum absolute atomic E-state index is 0.584. The van der Waals surface area contributed by atoms with Crippen LogP contribution in [0, 0.1) is 0 Å². The Hall–Kier alpha value is -1.12. The molecule has 3 heteroatoms. The van der Waals surface area contributed by atoms with Gasteiger partial charge in [-0.3, -0.25) is 4.98 Å². The maximum atomic E-state index is 9.44. The molecule has 1 aromatic heterocycles. The van der Waals surface area contributed by atoms with Crippen molar-refractivity contribution in [1.82, 2.24) is 4.98 Å². The summed E-state index contributed by atoms with van der Waals surface area (Å²) in [5.74, 6) is 0. The van der Waals surface area contributed by atoms with Crippen LogP contribution in [0.1, 0.15) is 18.6 Å². The smallest absolute Gasteiger partial charge is 0.0791 e. The highest BCUT2D eigenvalue weighted by molar-refractivity contribution is 6.36. The minimum atomic E-state index is -0.584. The maximum absolute atomic E-state index is 9.44. The van der Waals surface area contributed by atoms with Gasteiger partial charge in [0, 0.05) is 17.1 Å². The summed E-state index contributed by atoms with van der Waals surface area (Å²) in [4.78, 5) is 4.22. The molecule has 0 bridgehead atoms. The van der Waals surface area contributed by atoms with Crippen molar-refractivity contribution in [3.8, 4) is 0 Å². The molecule has 2 rings (SSSR count). The highest BCUT2D eigenvalue weighted by atomic mass is 35.5. The Morgan fingerprint density at radius 1 is 1.36 bits per heavy atom. The first-order chi connectivity index (χ1) is 6.70. The van der Waals surface area contributed by atoms with Crippen LogP contribution in [0.3, 0.4) is 0 Å². The molecular formula is C11H10ClNO. The quantitative estimate of drug-likeness (QED) is 0.780. The predicted octanol–water partition coefficient (Wildman–Crippen LogP) is 2.94. The van der Waals surface area contributed by atoms with Gasteiger partial charge in [-0.2, -0.15) is 0 Å². The molecule has 0 aliphatic heterocycles. The molecule has 14 heavy (non-hydrogen) atoms. The van der Waals surface area contributed by atoms with Crippen LogP contribution < -0.4 is 0 Å². The van der Waals surface area contributed by atoms with E-state index in [2.05, 4.69) is 4.98 Å². The monoisotopic (exact) mass is 207 g/mol. The molecule has 2 aromatic rings. The van der Waals surface area contributed by atoms with Gasteiger partial charge in [-0.1, -0.05) is 29.8 Å². The molecule has 0 aliphatic rings. The van der Waals surface area contributed by atoms with Crippen LogP contribution >= 0.6 is 11.6 Å². The Labute approximate surface area is 87.2 Å². The minimum Gasteiger partial charge on any atom is -0.389 e. The van der Waals surface area contributed by atoms with Gasteiger partial charge in [-0.05, 0) is 13.0 Å². The molecule has 0 saturated carbocycles. The number of aromatic nitrogens is 1. The van der Waals surface area contributed by atoms with E-state index < -0.39 is 6.10 Å². The van der Waals surface area contributed by atoms with Gasteiger partial charge < -0.3 is 5.11 Å². The third-order valence-electron chi connectivity index (χ3n) is 2.19. The van der Waals surface area contributed by atoms with E-state index >= 15 is 0 Å². The van der Waals surface area contributed by atoms with Crippen LogP contribution in [0.4, 0.5) is 0 Å². The topological polar surface area (TPSA) is 33.1 Å². The molecule has 1 unspecified atom stereocenters. The second-order valence-electron chi connectivity index (χ2n) is 3.22. The number of para-hydroxylation sites is 1. The molecular weight excluding hydrogens is 198 g/mol. The number of pyridine rings is 1. The molecule has 1 aromatic carbocycles. The second kappa shape index (κ2) is 3.56. The van der Waals surface area contributed by atoms with Crippen molar-refractivity contribution in [2.24, 2.45) is 0 Å². The van der Waals surface area contributed by atoms with E-state index in [0.29, 0.717) is 10.6 Å². The van der Waals surface area contributed by atoms with Crippen molar-refractivity contribution in [3.63, 3.8) is 0 Å². The van der Waals surface area contributed by atoms with Crippen LogP contribution in [-0.2, 0) is 0 Å². The average Bonchev–Trinajstić information content (AvgIpc) is 2.18. The first-order valence-corrected chi connectivity index (χ1v) is 4.79. The highest BCUT2D eigenvalue weighted by Crippen LogP contribution is 2.28. The van der Waals surface area contributed by atoms with E-state index in [1.165, 1.54) is 0 Å². The van der Waals surface area contributed by atoms with E-state index in [9.17, 15) is 5.11 Å². The van der Waals surface area contributed by atoms with Gasteiger partial charge in [-0.15, -0.1) is 0 Å². The lowest BCUT2D eigenvalue weighted by Crippen LogP contribution is -1.94. The van der Waals surface area contributed by atoms with E-state index in [0.717, 1.165) is 10.9 Å². The molecule has 1 heterocycles. The van der Waals surface area contributed by atoms with Gasteiger partial charge in [0.1, 0.15) is 0 Å². The summed E-state index contributed by atoms with van der Waals surface area (Å²) >= 11 is 6.14. The summed E-state index contributed by atoms with van der Waals surface area (Å²) in [7, 11) is 0. The summed E-state index contributed by atoms with van der Waals surface area (Å²) < 4.78 is 0. The number of aliphatic hydroxyl groups is 1. The number of rotatable bonds is 1. The van der Waals surface area contributed by atoms with E-state index in [4.69, 9.17) is 11.6 Å². The fraction of sp³-hybridized carbons (Fsp3) is 0.182. The van der Waals surface area contributed by atoms with Crippen LogP contribution in [0.2, 0.25) is 5.02 Å². The number of hydrogen-bond donors (Lipinski definition) is 1. The lowest BCUT2D eigenvalue weighted by molar-refractivity contribution is 0.199. The zero-order valence-electron chi connectivity index (χ0n) is 7.74. The van der Waals surface area contributed by atoms with Crippen LogP contribution in [-0.4, -0.2) is 10.1 Å². The standard InChI is InChI=1S/C11H10ClNO/c1-7(14)9-6-13-10-5-3-2-4-8(10)11(9)12/h2-7,14H,1H3. The molecule has 0 saturated heterocycles. The molecule has 0 radical (unpaired) electrons. The Kier molecular flexibility index (Phi) is 2.40. The first-order valence-electron chi connectivity index (χ1n) is 4.41. The Balaban J connectivity index is 2.75. The first kappa shape index (κ1) is 9.44. The number of hydrogen-bond acceptors (Lipinski definition) is 2. The summed E-state index contributed by atoms with van der Waals surface area (Å²) in [6, 6.07) is 7.61. The zero-order valence-corrected chi connectivity index (χ0v) is 8.49. The summed E-state index contributed by atoms with van der Waals surface area (Å²) in [6.07, 6.45) is 1.04. The van der Waals surface area contributed by atoms with Crippen molar-refractivity contribution in [3.05, 3.63) is 41.0 Å². The molecule has 0 spiro atoms. The zero-order chi connectivity index (χ0) is 10.1. The number of benzene rings is 1. The maximum Gasteiger partial charge on any atom is 0.0791 e. The van der Waals surface area contributed by atoms with Crippen molar-refractivity contribution in [2.75, 3.05) is 0 Å². The van der Waals surface area contributed by atoms with Gasteiger partial charge in [-0.25, -0.2) is 0 Å². The van der Waals surface area contributed by atoms with Crippen LogP contribution in [0.5, 0.6) is 0 Å². The summed E-state index contributed by atoms with van der Waals surface area (Å²) in [5, 5.41) is 10.9. The average molecular weight is 208 g/mol. The molecule has 2 nitrogen and oxygen atoms in total. The van der Waals surface area contributed by atoms with Gasteiger partial charge in [0.25, 0.3) is 0 Å². The van der Waals surface area contributed by atoms with Crippen molar-refractivity contribution < 1.29 is 5.11 Å². The van der Waals surface area contributed by atoms with Crippen LogP contribution in [0.25, 0.3) is 10.9 Å². The van der Waals surface area contributed by atoms with Gasteiger partial charge >= 0.3 is 0 Å². The molecule has 1 N–H and O–H groups in total. The van der Waals surface area contributed by atoms with E-state index in [1.807, 2.05) is 24.3 Å². The third-order valence-corrected chi connectivity index (χ3v) is 2.61. The fourth-order valence-electron chi connectivity index (χ4n) is 1.41. The molecule has 1 atom stereocenters. The number of fused-ring (bicyclic) bond motifs is 1. The predicted molar refractivity (Wildman–Crippen MR) is 57.4 cm³/mol. The normalized spacial score (nSPS) is 13.1. The lowest BCUT2D eigenvalue weighted by Gasteiger charge is -2.08. The third kappa shape index (κ3) is 1.47. The van der Waals surface area contributed by atoms with Gasteiger partial charge in [0.15, 0.2) is 0 Å². The highest BCUT2D eigenvalue weighted by Gasteiger charge is 2.09. The fourth-order valence-corrected chi connectivity index (χ4v) is 1.78. The number of nitrogens with zero attached hydrogens (tertiary/aromatic N) is 1. The number of aliphatic hydroxyl groups excluding tert-OH is 1. The van der Waals surface area contributed by atoms with Crippen LogP contribution in [0.15, 0.2) is 30.5 Å². The Morgan fingerprint density at radius 3 is 2.79 bits per heavy atom. The van der Waals surface area contributed by atoms with Gasteiger partial charge in [0.2, 0.25) is 0 Å². The van der Waals surface area contributed by atoms with Crippen molar-refractivity contribution in [1.29, 1.82) is 0 Å². The summed E-state index contributed by atoms with van der Waals surface area (Å²) in [6.45, 7) is 1.68. The van der Waals surface area contributed by atoms with Gasteiger partial charge in [0.05, 0.1) is 16.6 Å². The SMILES string of the molecule is CC(O)c1cnc2ccccc2c1Cl.